The first-order valence-corrected chi connectivity index (χ1v) is 11.5. The van der Waals surface area contributed by atoms with Crippen LogP contribution < -0.4 is 5.32 Å². The highest BCUT2D eigenvalue weighted by molar-refractivity contribution is 6.33. The van der Waals surface area contributed by atoms with Crippen molar-refractivity contribution >= 4 is 34.4 Å². The SMILES string of the molecule is O=C(CN1CCC(O)C1)N1CCC(Nc2ncc(Cl)c(-c3c[nH]c4ccccc34)n2)CC1. The third-order valence-corrected chi connectivity index (χ3v) is 6.65. The molecule has 2 fully saturated rings. The van der Waals surface area contributed by atoms with Crippen LogP contribution in [0.15, 0.2) is 36.7 Å². The van der Waals surface area contributed by atoms with Crippen LogP contribution in [-0.4, -0.2) is 80.6 Å². The number of amides is 1. The summed E-state index contributed by atoms with van der Waals surface area (Å²) in [5.74, 6) is 0.687. The maximum atomic E-state index is 12.6. The number of para-hydroxylation sites is 1. The molecule has 1 unspecified atom stereocenters. The van der Waals surface area contributed by atoms with E-state index in [1.165, 1.54) is 0 Å². The third kappa shape index (κ3) is 4.44. The number of aliphatic hydroxyl groups excluding tert-OH is 1. The molecule has 3 aromatic rings. The summed E-state index contributed by atoms with van der Waals surface area (Å²) in [5.41, 5.74) is 2.68. The van der Waals surface area contributed by atoms with Crippen molar-refractivity contribution in [2.24, 2.45) is 0 Å². The van der Waals surface area contributed by atoms with Crippen molar-refractivity contribution in [2.75, 3.05) is 38.0 Å². The van der Waals surface area contributed by atoms with Gasteiger partial charge in [-0.05, 0) is 25.3 Å². The maximum Gasteiger partial charge on any atom is 0.236 e. The first-order valence-electron chi connectivity index (χ1n) is 11.1. The topological polar surface area (TPSA) is 97.4 Å². The maximum absolute atomic E-state index is 12.6. The second-order valence-corrected chi connectivity index (χ2v) is 9.02. The zero-order valence-electron chi connectivity index (χ0n) is 17.8. The normalized spacial score (nSPS) is 20.2. The highest BCUT2D eigenvalue weighted by atomic mass is 35.5. The second kappa shape index (κ2) is 9.05. The van der Waals surface area contributed by atoms with E-state index in [0.717, 1.165) is 42.3 Å². The minimum atomic E-state index is -0.300. The number of rotatable bonds is 5. The van der Waals surface area contributed by atoms with Gasteiger partial charge in [0.1, 0.15) is 0 Å². The van der Waals surface area contributed by atoms with Gasteiger partial charge >= 0.3 is 0 Å². The highest BCUT2D eigenvalue weighted by Gasteiger charge is 2.27. The fraction of sp³-hybridized carbons (Fsp3) is 0.435. The molecule has 3 N–H and O–H groups in total. The number of aliphatic hydroxyl groups is 1. The molecule has 1 aromatic carbocycles. The Hall–Kier alpha value is -2.68. The lowest BCUT2D eigenvalue weighted by Crippen LogP contribution is -2.46. The Kier molecular flexibility index (Phi) is 5.99. The zero-order valence-corrected chi connectivity index (χ0v) is 18.6. The first-order chi connectivity index (χ1) is 15.6. The Bertz CT molecular complexity index is 1110. The number of aromatic amines is 1. The number of piperidine rings is 1. The van der Waals surface area contributed by atoms with Crippen molar-refractivity contribution in [3.8, 4) is 11.3 Å². The van der Waals surface area contributed by atoms with Gasteiger partial charge in [0.2, 0.25) is 11.9 Å². The number of H-pyrrole nitrogens is 1. The largest absolute Gasteiger partial charge is 0.392 e. The van der Waals surface area contributed by atoms with Crippen LogP contribution in [0, 0.1) is 0 Å². The standard InChI is InChI=1S/C23H27ClN6O2/c24-19-12-26-23(28-22(19)18-11-25-20-4-2-1-3-17(18)20)27-15-5-9-30(10-6-15)21(32)14-29-8-7-16(31)13-29/h1-4,11-12,15-16,25,31H,5-10,13-14H2,(H,26,27,28). The molecule has 0 aliphatic carbocycles. The molecule has 4 heterocycles. The lowest BCUT2D eigenvalue weighted by Gasteiger charge is -2.33. The number of nitrogens with zero attached hydrogens (tertiary/aromatic N) is 4. The number of likely N-dealkylation sites (tertiary alicyclic amines) is 2. The minimum Gasteiger partial charge on any atom is -0.392 e. The number of carbonyl (C=O) groups is 1. The van der Waals surface area contributed by atoms with Crippen LogP contribution in [-0.2, 0) is 4.79 Å². The zero-order chi connectivity index (χ0) is 22.1. The molecule has 0 spiro atoms. The molecule has 2 aliphatic heterocycles. The van der Waals surface area contributed by atoms with E-state index in [4.69, 9.17) is 16.6 Å². The van der Waals surface area contributed by atoms with Gasteiger partial charge in [-0.15, -0.1) is 0 Å². The number of β-amino-alcohol motifs (C(OH)–C–C–N with tert-alkyl or cyclic N) is 1. The lowest BCUT2D eigenvalue weighted by atomic mass is 10.1. The van der Waals surface area contributed by atoms with E-state index in [-0.39, 0.29) is 18.1 Å². The molecular weight excluding hydrogens is 428 g/mol. The number of nitrogens with one attached hydrogen (secondary N) is 2. The quantitative estimate of drug-likeness (QED) is 0.548. The van der Waals surface area contributed by atoms with Gasteiger partial charge in [0, 0.05) is 54.9 Å². The Balaban J connectivity index is 1.21. The number of carbonyl (C=O) groups excluding carboxylic acids is 1. The smallest absolute Gasteiger partial charge is 0.236 e. The van der Waals surface area contributed by atoms with Crippen molar-refractivity contribution in [3.05, 3.63) is 41.7 Å². The number of aromatic nitrogens is 3. The van der Waals surface area contributed by atoms with Crippen LogP contribution in [0.4, 0.5) is 5.95 Å². The first kappa shape index (κ1) is 21.2. The molecule has 1 atom stereocenters. The van der Waals surface area contributed by atoms with E-state index in [9.17, 15) is 9.90 Å². The van der Waals surface area contributed by atoms with Crippen molar-refractivity contribution in [1.82, 2.24) is 24.8 Å². The third-order valence-electron chi connectivity index (χ3n) is 6.38. The molecule has 8 nitrogen and oxygen atoms in total. The average molecular weight is 455 g/mol. The Labute approximate surface area is 191 Å². The van der Waals surface area contributed by atoms with Gasteiger partial charge in [0.05, 0.1) is 29.6 Å². The summed E-state index contributed by atoms with van der Waals surface area (Å²) >= 11 is 6.43. The van der Waals surface area contributed by atoms with E-state index >= 15 is 0 Å². The van der Waals surface area contributed by atoms with Gasteiger partial charge in [0.25, 0.3) is 0 Å². The average Bonchev–Trinajstić information content (AvgIpc) is 3.41. The number of hydrogen-bond acceptors (Lipinski definition) is 6. The minimum absolute atomic E-state index is 0.141. The highest BCUT2D eigenvalue weighted by Crippen LogP contribution is 2.32. The summed E-state index contributed by atoms with van der Waals surface area (Å²) in [6.07, 6.45) is 5.68. The molecule has 168 valence electrons. The van der Waals surface area contributed by atoms with Crippen molar-refractivity contribution < 1.29 is 9.90 Å². The summed E-state index contributed by atoms with van der Waals surface area (Å²) in [6.45, 7) is 3.18. The number of anilines is 1. The Morgan fingerprint density at radius 3 is 2.81 bits per heavy atom. The van der Waals surface area contributed by atoms with Gasteiger partial charge in [-0.25, -0.2) is 9.97 Å². The van der Waals surface area contributed by atoms with Crippen LogP contribution in [0.1, 0.15) is 19.3 Å². The molecule has 9 heteroatoms. The predicted octanol–water partition coefficient (Wildman–Crippen LogP) is 2.75. The van der Waals surface area contributed by atoms with Crippen LogP contribution in [0.5, 0.6) is 0 Å². The summed E-state index contributed by atoms with van der Waals surface area (Å²) < 4.78 is 0. The van der Waals surface area contributed by atoms with Crippen LogP contribution >= 0.6 is 11.6 Å². The van der Waals surface area contributed by atoms with E-state index in [1.54, 1.807) is 6.20 Å². The number of fused-ring (bicyclic) bond motifs is 1. The van der Waals surface area contributed by atoms with E-state index in [2.05, 4.69) is 15.3 Å². The van der Waals surface area contributed by atoms with Gasteiger partial charge in [-0.1, -0.05) is 29.8 Å². The molecule has 0 saturated carbocycles. The monoisotopic (exact) mass is 454 g/mol. The number of benzene rings is 1. The molecule has 2 aliphatic rings. The Morgan fingerprint density at radius 1 is 1.22 bits per heavy atom. The van der Waals surface area contributed by atoms with Crippen molar-refractivity contribution in [1.29, 1.82) is 0 Å². The fourth-order valence-electron chi connectivity index (χ4n) is 4.60. The summed E-state index contributed by atoms with van der Waals surface area (Å²) in [5, 5.41) is 14.6. The molecule has 5 rings (SSSR count). The van der Waals surface area contributed by atoms with Gasteiger partial charge in [0.15, 0.2) is 0 Å². The molecule has 2 aromatic heterocycles. The van der Waals surface area contributed by atoms with Crippen LogP contribution in [0.25, 0.3) is 22.2 Å². The molecule has 2 saturated heterocycles. The van der Waals surface area contributed by atoms with E-state index in [0.29, 0.717) is 42.8 Å². The summed E-state index contributed by atoms with van der Waals surface area (Å²) in [6, 6.07) is 8.25. The lowest BCUT2D eigenvalue weighted by molar-refractivity contribution is -0.133. The molecular formula is C23H27ClN6O2. The van der Waals surface area contributed by atoms with Gasteiger partial charge in [-0.3, -0.25) is 9.69 Å². The van der Waals surface area contributed by atoms with Crippen LogP contribution in [0.3, 0.4) is 0 Å². The molecule has 32 heavy (non-hydrogen) atoms. The van der Waals surface area contributed by atoms with Crippen LogP contribution in [0.2, 0.25) is 5.02 Å². The number of halogens is 1. The fourth-order valence-corrected chi connectivity index (χ4v) is 4.79. The number of hydrogen-bond donors (Lipinski definition) is 3. The summed E-state index contributed by atoms with van der Waals surface area (Å²) in [7, 11) is 0. The summed E-state index contributed by atoms with van der Waals surface area (Å²) in [4.78, 5) is 28.9. The van der Waals surface area contributed by atoms with Crippen molar-refractivity contribution in [2.45, 2.75) is 31.4 Å². The molecule has 1 amide bonds. The van der Waals surface area contributed by atoms with Gasteiger partial charge in [-0.2, -0.15) is 0 Å². The molecule has 0 bridgehead atoms. The van der Waals surface area contributed by atoms with E-state index < -0.39 is 0 Å². The molecule has 0 radical (unpaired) electrons. The Morgan fingerprint density at radius 2 is 2.03 bits per heavy atom. The van der Waals surface area contributed by atoms with Crippen molar-refractivity contribution in [3.63, 3.8) is 0 Å². The predicted molar refractivity (Wildman–Crippen MR) is 125 cm³/mol. The van der Waals surface area contributed by atoms with Gasteiger partial charge < -0.3 is 20.3 Å². The second-order valence-electron chi connectivity index (χ2n) is 8.62. The van der Waals surface area contributed by atoms with E-state index in [1.807, 2.05) is 40.3 Å².